The number of unbranched alkanes of at least 4 members (excludes halogenated alkanes) is 1. The summed E-state index contributed by atoms with van der Waals surface area (Å²) in [6.45, 7) is 0. The summed E-state index contributed by atoms with van der Waals surface area (Å²) < 4.78 is 6.23. The quantitative estimate of drug-likeness (QED) is 0.332. The zero-order valence-electron chi connectivity index (χ0n) is 16.1. The predicted octanol–water partition coefficient (Wildman–Crippen LogP) is 4.46. The number of carbonyl (C=O) groups is 1. The van der Waals surface area contributed by atoms with Crippen LogP contribution in [0.1, 0.15) is 37.7 Å². The topological polar surface area (TPSA) is 49.8 Å². The molecule has 2 heterocycles. The van der Waals surface area contributed by atoms with Gasteiger partial charge in [0.2, 0.25) is 5.91 Å². The van der Waals surface area contributed by atoms with Crippen molar-refractivity contribution in [3.63, 3.8) is 0 Å². The Morgan fingerprint density at radius 2 is 1.78 bits per heavy atom. The SMILES string of the molecule is CN(O)C(=O)CCCCSCC1C2CCC(O2)C1CSCc1ccccc1. The average molecular weight is 410 g/mol. The number of fused-ring (bicyclic) bond motifs is 2. The normalized spacial score (nSPS) is 26.4. The van der Waals surface area contributed by atoms with E-state index in [-0.39, 0.29) is 5.91 Å². The minimum Gasteiger partial charge on any atom is -0.374 e. The number of hydrogen-bond acceptors (Lipinski definition) is 5. The summed E-state index contributed by atoms with van der Waals surface area (Å²) in [4.78, 5) is 11.4. The summed E-state index contributed by atoms with van der Waals surface area (Å²) in [6.07, 6.45) is 5.71. The lowest BCUT2D eigenvalue weighted by molar-refractivity contribution is -0.159. The average Bonchev–Trinajstić information content (AvgIpc) is 3.27. The van der Waals surface area contributed by atoms with Crippen LogP contribution in [0.2, 0.25) is 0 Å². The van der Waals surface area contributed by atoms with E-state index in [1.54, 1.807) is 0 Å². The first-order chi connectivity index (χ1) is 13.1. The second kappa shape index (κ2) is 10.7. The molecule has 2 saturated heterocycles. The van der Waals surface area contributed by atoms with Crippen LogP contribution < -0.4 is 0 Å². The van der Waals surface area contributed by atoms with Gasteiger partial charge in [0.15, 0.2) is 0 Å². The third-order valence-corrected chi connectivity index (χ3v) is 7.97. The highest BCUT2D eigenvalue weighted by Gasteiger charge is 2.48. The standard InChI is InChI=1S/C21H31NO3S2/c1-22(24)21(23)9-5-6-12-26-14-17-18(20-11-10-19(17)25-20)15-27-13-16-7-3-2-4-8-16/h2-4,7-8,17-20,24H,5-6,9-15H2,1H3. The number of benzene rings is 1. The molecule has 2 fully saturated rings. The molecule has 2 bridgehead atoms. The molecule has 2 aliphatic rings. The lowest BCUT2D eigenvalue weighted by atomic mass is 9.81. The van der Waals surface area contributed by atoms with Gasteiger partial charge in [-0.2, -0.15) is 23.5 Å². The van der Waals surface area contributed by atoms with Gasteiger partial charge in [0, 0.05) is 31.1 Å². The molecule has 1 aromatic carbocycles. The Morgan fingerprint density at radius 1 is 1.11 bits per heavy atom. The number of amides is 1. The number of thioether (sulfide) groups is 2. The summed E-state index contributed by atoms with van der Waals surface area (Å²) >= 11 is 4.05. The van der Waals surface area contributed by atoms with Gasteiger partial charge in [-0.25, -0.2) is 5.06 Å². The molecule has 1 aromatic rings. The lowest BCUT2D eigenvalue weighted by Gasteiger charge is -2.27. The molecule has 0 spiro atoms. The van der Waals surface area contributed by atoms with Gasteiger partial charge in [-0.15, -0.1) is 0 Å². The molecule has 1 N–H and O–H groups in total. The first-order valence-corrected chi connectivity index (χ1v) is 12.3. The van der Waals surface area contributed by atoms with Crippen molar-refractivity contribution in [1.82, 2.24) is 5.06 Å². The molecule has 27 heavy (non-hydrogen) atoms. The maximum Gasteiger partial charge on any atom is 0.245 e. The largest absolute Gasteiger partial charge is 0.374 e. The van der Waals surface area contributed by atoms with Gasteiger partial charge in [0.1, 0.15) is 0 Å². The molecule has 0 aromatic heterocycles. The zero-order chi connectivity index (χ0) is 19.1. The Kier molecular flexibility index (Phi) is 8.37. The minimum absolute atomic E-state index is 0.197. The number of carbonyl (C=O) groups excluding carboxylic acids is 1. The third-order valence-electron chi connectivity index (χ3n) is 5.61. The van der Waals surface area contributed by atoms with Crippen LogP contribution in [0.3, 0.4) is 0 Å². The van der Waals surface area contributed by atoms with Crippen molar-refractivity contribution in [2.75, 3.05) is 24.3 Å². The molecular formula is C21H31NO3S2. The number of hydroxylamine groups is 2. The van der Waals surface area contributed by atoms with Crippen LogP contribution in [-0.4, -0.2) is 52.7 Å². The Morgan fingerprint density at radius 3 is 2.44 bits per heavy atom. The lowest BCUT2D eigenvalue weighted by Crippen LogP contribution is -2.30. The predicted molar refractivity (Wildman–Crippen MR) is 113 cm³/mol. The summed E-state index contributed by atoms with van der Waals surface area (Å²) in [7, 11) is 1.39. The molecule has 150 valence electrons. The monoisotopic (exact) mass is 409 g/mol. The van der Waals surface area contributed by atoms with Gasteiger partial charge < -0.3 is 4.74 Å². The molecule has 1 amide bonds. The highest BCUT2D eigenvalue weighted by atomic mass is 32.2. The van der Waals surface area contributed by atoms with Gasteiger partial charge >= 0.3 is 0 Å². The van der Waals surface area contributed by atoms with Crippen LogP contribution in [-0.2, 0) is 15.3 Å². The fraction of sp³-hybridized carbons (Fsp3) is 0.667. The van der Waals surface area contributed by atoms with E-state index in [0.717, 1.165) is 24.3 Å². The van der Waals surface area contributed by atoms with Gasteiger partial charge in [-0.05, 0) is 48.5 Å². The maximum absolute atomic E-state index is 11.4. The van der Waals surface area contributed by atoms with Crippen LogP contribution >= 0.6 is 23.5 Å². The van der Waals surface area contributed by atoms with E-state index in [0.29, 0.717) is 35.5 Å². The van der Waals surface area contributed by atoms with Gasteiger partial charge in [-0.1, -0.05) is 30.3 Å². The summed E-state index contributed by atoms with van der Waals surface area (Å²) in [6, 6.07) is 10.7. The van der Waals surface area contributed by atoms with Gasteiger partial charge in [0.25, 0.3) is 0 Å². The van der Waals surface area contributed by atoms with Gasteiger partial charge in [-0.3, -0.25) is 10.0 Å². The second-order valence-corrected chi connectivity index (χ2v) is 9.75. The molecule has 4 nitrogen and oxygen atoms in total. The number of rotatable bonds is 11. The van der Waals surface area contributed by atoms with E-state index in [1.165, 1.54) is 37.0 Å². The first kappa shape index (κ1) is 21.0. The summed E-state index contributed by atoms with van der Waals surface area (Å²) in [5, 5.41) is 9.75. The Bertz CT molecular complexity index is 584. The molecule has 6 heteroatoms. The summed E-state index contributed by atoms with van der Waals surface area (Å²) in [5.74, 6) is 5.71. The van der Waals surface area contributed by atoms with E-state index < -0.39 is 0 Å². The smallest absolute Gasteiger partial charge is 0.245 e. The minimum atomic E-state index is -0.197. The van der Waals surface area contributed by atoms with Crippen LogP contribution in [0.4, 0.5) is 0 Å². The molecule has 0 aliphatic carbocycles. The highest BCUT2D eigenvalue weighted by Crippen LogP contribution is 2.46. The van der Waals surface area contributed by atoms with E-state index in [2.05, 4.69) is 30.3 Å². The first-order valence-electron chi connectivity index (χ1n) is 9.95. The fourth-order valence-corrected chi connectivity index (χ4v) is 6.67. The molecular weight excluding hydrogens is 378 g/mol. The van der Waals surface area contributed by atoms with E-state index in [1.807, 2.05) is 23.5 Å². The highest BCUT2D eigenvalue weighted by molar-refractivity contribution is 7.99. The number of nitrogens with zero attached hydrogens (tertiary/aromatic N) is 1. The van der Waals surface area contributed by atoms with Crippen LogP contribution in [0.25, 0.3) is 0 Å². The van der Waals surface area contributed by atoms with Crippen molar-refractivity contribution < 1.29 is 14.7 Å². The Balaban J connectivity index is 1.35. The van der Waals surface area contributed by atoms with Crippen molar-refractivity contribution >= 4 is 29.4 Å². The molecule has 3 rings (SSSR count). The second-order valence-electron chi connectivity index (χ2n) is 7.57. The zero-order valence-corrected chi connectivity index (χ0v) is 17.7. The van der Waals surface area contributed by atoms with Crippen molar-refractivity contribution in [1.29, 1.82) is 0 Å². The van der Waals surface area contributed by atoms with Crippen molar-refractivity contribution in [2.45, 2.75) is 50.1 Å². The Hall–Kier alpha value is -0.690. The summed E-state index contributed by atoms with van der Waals surface area (Å²) in [5.41, 5.74) is 1.40. The van der Waals surface area contributed by atoms with Crippen molar-refractivity contribution in [2.24, 2.45) is 11.8 Å². The molecule has 0 saturated carbocycles. The number of ether oxygens (including phenoxy) is 1. The molecule has 4 unspecified atom stereocenters. The van der Waals surface area contributed by atoms with Crippen molar-refractivity contribution in [3.8, 4) is 0 Å². The van der Waals surface area contributed by atoms with Crippen LogP contribution in [0, 0.1) is 11.8 Å². The van der Waals surface area contributed by atoms with Gasteiger partial charge in [0.05, 0.1) is 12.2 Å². The van der Waals surface area contributed by atoms with E-state index in [9.17, 15) is 4.79 Å². The number of hydrogen-bond donors (Lipinski definition) is 1. The van der Waals surface area contributed by atoms with Crippen LogP contribution in [0.5, 0.6) is 0 Å². The van der Waals surface area contributed by atoms with E-state index in [4.69, 9.17) is 9.94 Å². The molecule has 4 atom stereocenters. The van der Waals surface area contributed by atoms with Crippen LogP contribution in [0.15, 0.2) is 30.3 Å². The Labute approximate surface area is 171 Å². The van der Waals surface area contributed by atoms with Crippen molar-refractivity contribution in [3.05, 3.63) is 35.9 Å². The fourth-order valence-electron chi connectivity index (χ4n) is 4.08. The third kappa shape index (κ3) is 6.14. The molecule has 2 aliphatic heterocycles. The molecule has 0 radical (unpaired) electrons. The van der Waals surface area contributed by atoms with E-state index >= 15 is 0 Å². The maximum atomic E-state index is 11.4.